The predicted octanol–water partition coefficient (Wildman–Crippen LogP) is 3.40. The molecule has 0 fully saturated rings. The van der Waals surface area contributed by atoms with Gasteiger partial charge in [0.15, 0.2) is 0 Å². The predicted molar refractivity (Wildman–Crippen MR) is 70.7 cm³/mol. The molecule has 0 bridgehead atoms. The minimum absolute atomic E-state index is 0.168. The van der Waals surface area contributed by atoms with Crippen molar-refractivity contribution in [2.45, 2.75) is 6.61 Å². The molecule has 0 saturated heterocycles. The van der Waals surface area contributed by atoms with Crippen LogP contribution in [0, 0.1) is 11.6 Å². The van der Waals surface area contributed by atoms with Crippen LogP contribution in [0.3, 0.4) is 0 Å². The van der Waals surface area contributed by atoms with Gasteiger partial charge < -0.3 is 9.57 Å². The van der Waals surface area contributed by atoms with Gasteiger partial charge in [0.25, 0.3) is 0 Å². The summed E-state index contributed by atoms with van der Waals surface area (Å²) in [6, 6.07) is 10.7. The molecule has 0 aliphatic carbocycles. The summed E-state index contributed by atoms with van der Waals surface area (Å²) in [6.07, 6.45) is 2.61. The molecule has 2 rings (SSSR count). The van der Waals surface area contributed by atoms with E-state index >= 15 is 0 Å². The second-order valence-electron chi connectivity index (χ2n) is 3.88. The number of methoxy groups -OCH3 is 1. The number of benzene rings is 2. The average Bonchev–Trinajstić information content (AvgIpc) is 2.46. The number of rotatable bonds is 5. The lowest BCUT2D eigenvalue weighted by atomic mass is 10.2. The van der Waals surface area contributed by atoms with E-state index < -0.39 is 11.6 Å². The summed E-state index contributed by atoms with van der Waals surface area (Å²) < 4.78 is 31.7. The number of para-hydroxylation sites is 1. The third-order valence-electron chi connectivity index (χ3n) is 2.61. The normalized spacial score (nSPS) is 10.8. The molecule has 0 amide bonds. The van der Waals surface area contributed by atoms with Crippen molar-refractivity contribution in [3.05, 3.63) is 65.2 Å². The molecule has 0 unspecified atom stereocenters. The number of hydrogen-bond acceptors (Lipinski definition) is 3. The lowest BCUT2D eigenvalue weighted by Crippen LogP contribution is -1.97. The molecule has 0 aliphatic rings. The van der Waals surface area contributed by atoms with Crippen LogP contribution in [0.5, 0.6) is 5.75 Å². The largest absolute Gasteiger partial charge is 0.496 e. The topological polar surface area (TPSA) is 30.8 Å². The van der Waals surface area contributed by atoms with E-state index in [9.17, 15) is 8.78 Å². The van der Waals surface area contributed by atoms with Gasteiger partial charge in [0.2, 0.25) is 0 Å². The molecule has 103 valence electrons. The Hall–Kier alpha value is -2.43. The molecule has 0 saturated carbocycles. The van der Waals surface area contributed by atoms with Crippen molar-refractivity contribution in [1.82, 2.24) is 0 Å². The Kier molecular flexibility index (Phi) is 4.65. The lowest BCUT2D eigenvalue weighted by Gasteiger charge is -2.04. The second-order valence-corrected chi connectivity index (χ2v) is 3.88. The van der Waals surface area contributed by atoms with Crippen LogP contribution in [0.2, 0.25) is 0 Å². The Balaban J connectivity index is 2.01. The molecule has 5 heteroatoms. The van der Waals surface area contributed by atoms with Crippen molar-refractivity contribution in [2.24, 2.45) is 5.16 Å². The quantitative estimate of drug-likeness (QED) is 0.619. The minimum Gasteiger partial charge on any atom is -0.496 e. The zero-order valence-corrected chi connectivity index (χ0v) is 10.8. The van der Waals surface area contributed by atoms with Gasteiger partial charge in [0, 0.05) is 5.56 Å². The highest BCUT2D eigenvalue weighted by atomic mass is 19.1. The highest BCUT2D eigenvalue weighted by Crippen LogP contribution is 2.16. The number of ether oxygens (including phenoxy) is 1. The molecule has 2 aromatic carbocycles. The number of halogens is 2. The maximum absolute atomic E-state index is 13.3. The molecule has 0 atom stereocenters. The Morgan fingerprint density at radius 3 is 2.45 bits per heavy atom. The smallest absolute Gasteiger partial charge is 0.148 e. The fraction of sp³-hybridized carbons (Fsp3) is 0.133. The van der Waals surface area contributed by atoms with E-state index in [0.717, 1.165) is 12.1 Å². The van der Waals surface area contributed by atoms with E-state index in [-0.39, 0.29) is 12.2 Å². The van der Waals surface area contributed by atoms with E-state index in [1.807, 2.05) is 0 Å². The van der Waals surface area contributed by atoms with Crippen LogP contribution in [-0.4, -0.2) is 13.3 Å². The van der Waals surface area contributed by atoms with E-state index in [4.69, 9.17) is 9.57 Å². The first kappa shape index (κ1) is 14.0. The highest BCUT2D eigenvalue weighted by Gasteiger charge is 2.08. The van der Waals surface area contributed by atoms with Gasteiger partial charge in [0.05, 0.1) is 12.7 Å². The summed E-state index contributed by atoms with van der Waals surface area (Å²) in [5, 5.41) is 3.56. The zero-order chi connectivity index (χ0) is 14.4. The fourth-order valence-electron chi connectivity index (χ4n) is 1.59. The van der Waals surface area contributed by atoms with Gasteiger partial charge in [0.1, 0.15) is 30.2 Å². The molecule has 1 radical (unpaired) electrons. The van der Waals surface area contributed by atoms with Gasteiger partial charge in [-0.3, -0.25) is 0 Å². The minimum atomic E-state index is -0.669. The van der Waals surface area contributed by atoms with Gasteiger partial charge in [-0.15, -0.1) is 0 Å². The van der Waals surface area contributed by atoms with Crippen LogP contribution < -0.4 is 4.74 Å². The summed E-state index contributed by atoms with van der Waals surface area (Å²) in [4.78, 5) is 4.86. The molecular weight excluding hydrogens is 264 g/mol. The van der Waals surface area contributed by atoms with Gasteiger partial charge >= 0.3 is 0 Å². The van der Waals surface area contributed by atoms with Crippen LogP contribution in [-0.2, 0) is 11.4 Å². The Labute approximate surface area is 115 Å². The molecule has 20 heavy (non-hydrogen) atoms. The van der Waals surface area contributed by atoms with Crippen LogP contribution in [0.25, 0.3) is 0 Å². The maximum Gasteiger partial charge on any atom is 0.148 e. The van der Waals surface area contributed by atoms with Crippen molar-refractivity contribution in [1.29, 1.82) is 0 Å². The first-order chi connectivity index (χ1) is 9.72. The van der Waals surface area contributed by atoms with E-state index in [1.54, 1.807) is 24.3 Å². The second kappa shape index (κ2) is 6.65. The van der Waals surface area contributed by atoms with Crippen molar-refractivity contribution in [3.63, 3.8) is 0 Å². The summed E-state index contributed by atoms with van der Waals surface area (Å²) in [5.41, 5.74) is 0.419. The maximum atomic E-state index is 13.3. The highest BCUT2D eigenvalue weighted by molar-refractivity contribution is 5.82. The molecule has 0 spiro atoms. The molecule has 0 aromatic heterocycles. The average molecular weight is 276 g/mol. The van der Waals surface area contributed by atoms with Crippen LogP contribution >= 0.6 is 0 Å². The van der Waals surface area contributed by atoms with Gasteiger partial charge in [-0.25, -0.2) is 8.78 Å². The third-order valence-corrected chi connectivity index (χ3v) is 2.61. The Bertz CT molecular complexity index is 594. The molecule has 3 nitrogen and oxygen atoms in total. The number of hydrogen-bond donors (Lipinski definition) is 0. The summed E-state index contributed by atoms with van der Waals surface area (Å²) >= 11 is 0. The molecule has 2 aromatic rings. The number of nitrogens with zero attached hydrogens (tertiary/aromatic N) is 1. The molecule has 0 aliphatic heterocycles. The van der Waals surface area contributed by atoms with Crippen LogP contribution in [0.1, 0.15) is 11.1 Å². The fourth-order valence-corrected chi connectivity index (χ4v) is 1.59. The Morgan fingerprint density at radius 1 is 1.05 bits per heavy atom. The van der Waals surface area contributed by atoms with Crippen molar-refractivity contribution < 1.29 is 18.4 Å². The molecular formula is C15H12F2NO2. The first-order valence-corrected chi connectivity index (χ1v) is 5.86. The first-order valence-electron chi connectivity index (χ1n) is 5.86. The summed E-state index contributed by atoms with van der Waals surface area (Å²) in [5.74, 6) is -0.757. The van der Waals surface area contributed by atoms with Gasteiger partial charge in [-0.2, -0.15) is 0 Å². The standard InChI is InChI=1S/C15H12F2NO2/c1-19-15-8-3-2-5-11(15)9-18-20-10-12-13(16)6-4-7-14(12)17/h2-8H,10H2,1H3. The van der Waals surface area contributed by atoms with E-state index in [1.165, 1.54) is 13.2 Å². The van der Waals surface area contributed by atoms with Gasteiger partial charge in [-0.05, 0) is 24.3 Å². The van der Waals surface area contributed by atoms with Crippen molar-refractivity contribution in [3.8, 4) is 5.75 Å². The Morgan fingerprint density at radius 2 is 1.75 bits per heavy atom. The SMILES string of the molecule is COc1ccccc1/[C]=N\OCc1c(F)cccc1F. The molecule has 0 heterocycles. The van der Waals surface area contributed by atoms with Gasteiger partial charge in [-0.1, -0.05) is 23.4 Å². The van der Waals surface area contributed by atoms with E-state index in [0.29, 0.717) is 11.3 Å². The summed E-state index contributed by atoms with van der Waals surface area (Å²) in [6.45, 7) is -0.305. The van der Waals surface area contributed by atoms with E-state index in [2.05, 4.69) is 11.4 Å². The van der Waals surface area contributed by atoms with Crippen molar-refractivity contribution >= 4 is 6.21 Å². The summed E-state index contributed by atoms with van der Waals surface area (Å²) in [7, 11) is 1.52. The van der Waals surface area contributed by atoms with Crippen LogP contribution in [0.4, 0.5) is 8.78 Å². The zero-order valence-electron chi connectivity index (χ0n) is 10.8. The molecule has 0 N–H and O–H groups in total. The third kappa shape index (κ3) is 3.32. The monoisotopic (exact) mass is 276 g/mol. The van der Waals surface area contributed by atoms with Crippen molar-refractivity contribution in [2.75, 3.05) is 7.11 Å². The van der Waals surface area contributed by atoms with Crippen LogP contribution in [0.15, 0.2) is 47.6 Å². The lowest BCUT2D eigenvalue weighted by molar-refractivity contribution is 0.126.